The van der Waals surface area contributed by atoms with Crippen LogP contribution < -0.4 is 10.9 Å². The largest absolute Gasteiger partial charge is 0.367 e. The van der Waals surface area contributed by atoms with Gasteiger partial charge in [0.1, 0.15) is 11.5 Å². The third-order valence-electron chi connectivity index (χ3n) is 3.22. The molecule has 0 saturated heterocycles. The molecule has 4 nitrogen and oxygen atoms in total. The SMILES string of the molecule is CC(C)Nc1nc2ccccn2c(=O)c1-c1ccccc1. The van der Waals surface area contributed by atoms with Crippen molar-refractivity contribution < 1.29 is 0 Å². The van der Waals surface area contributed by atoms with Crippen LogP contribution in [0.25, 0.3) is 16.8 Å². The quantitative estimate of drug-likeness (QED) is 0.801. The van der Waals surface area contributed by atoms with Crippen LogP contribution in [0.15, 0.2) is 59.5 Å². The Labute approximate surface area is 123 Å². The summed E-state index contributed by atoms with van der Waals surface area (Å²) in [4.78, 5) is 17.4. The summed E-state index contributed by atoms with van der Waals surface area (Å²) in [6.07, 6.45) is 1.75. The molecule has 3 rings (SSSR count). The van der Waals surface area contributed by atoms with Crippen LogP contribution in [0.3, 0.4) is 0 Å². The van der Waals surface area contributed by atoms with Crippen molar-refractivity contribution in [3.63, 3.8) is 0 Å². The zero-order valence-electron chi connectivity index (χ0n) is 12.1. The summed E-state index contributed by atoms with van der Waals surface area (Å²) in [6.45, 7) is 4.06. The highest BCUT2D eigenvalue weighted by molar-refractivity contribution is 5.76. The molecule has 21 heavy (non-hydrogen) atoms. The van der Waals surface area contributed by atoms with Crippen molar-refractivity contribution in [1.82, 2.24) is 9.38 Å². The van der Waals surface area contributed by atoms with Gasteiger partial charge in [0.15, 0.2) is 0 Å². The first kappa shape index (κ1) is 13.4. The second-order valence-electron chi connectivity index (χ2n) is 5.23. The maximum Gasteiger partial charge on any atom is 0.267 e. The zero-order chi connectivity index (χ0) is 14.8. The average Bonchev–Trinajstić information content (AvgIpc) is 2.48. The maximum atomic E-state index is 12.8. The van der Waals surface area contributed by atoms with E-state index >= 15 is 0 Å². The minimum atomic E-state index is -0.0602. The zero-order valence-corrected chi connectivity index (χ0v) is 12.1. The molecule has 106 valence electrons. The van der Waals surface area contributed by atoms with E-state index in [0.29, 0.717) is 17.0 Å². The van der Waals surface area contributed by atoms with Gasteiger partial charge < -0.3 is 5.32 Å². The third kappa shape index (κ3) is 2.52. The Morgan fingerprint density at radius 1 is 1.05 bits per heavy atom. The minimum absolute atomic E-state index is 0.0602. The lowest BCUT2D eigenvalue weighted by molar-refractivity contribution is 0.885. The molecule has 1 aromatic carbocycles. The second kappa shape index (κ2) is 5.40. The highest BCUT2D eigenvalue weighted by atomic mass is 16.1. The molecule has 0 amide bonds. The summed E-state index contributed by atoms with van der Waals surface area (Å²) < 4.78 is 1.58. The van der Waals surface area contributed by atoms with E-state index in [4.69, 9.17) is 0 Å². The number of benzene rings is 1. The fraction of sp³-hybridized carbons (Fsp3) is 0.176. The Morgan fingerprint density at radius 2 is 1.76 bits per heavy atom. The predicted molar refractivity (Wildman–Crippen MR) is 85.7 cm³/mol. The van der Waals surface area contributed by atoms with Gasteiger partial charge in [0, 0.05) is 12.2 Å². The number of fused-ring (bicyclic) bond motifs is 1. The number of pyridine rings is 1. The third-order valence-corrected chi connectivity index (χ3v) is 3.22. The fourth-order valence-corrected chi connectivity index (χ4v) is 2.33. The lowest BCUT2D eigenvalue weighted by Crippen LogP contribution is -2.22. The van der Waals surface area contributed by atoms with E-state index in [9.17, 15) is 4.79 Å². The van der Waals surface area contributed by atoms with E-state index in [0.717, 1.165) is 5.56 Å². The standard InChI is InChI=1S/C17H17N3O/c1-12(2)18-16-15(13-8-4-3-5-9-13)17(21)20-11-7-6-10-14(20)19-16/h3-12,18H,1-2H3. The van der Waals surface area contributed by atoms with Crippen molar-refractivity contribution >= 4 is 11.5 Å². The predicted octanol–water partition coefficient (Wildman–Crippen LogP) is 3.18. The molecule has 2 aromatic heterocycles. The van der Waals surface area contributed by atoms with Gasteiger partial charge in [-0.15, -0.1) is 0 Å². The van der Waals surface area contributed by atoms with Crippen molar-refractivity contribution in [2.24, 2.45) is 0 Å². The van der Waals surface area contributed by atoms with Crippen molar-refractivity contribution in [1.29, 1.82) is 0 Å². The molecule has 0 fully saturated rings. The van der Waals surface area contributed by atoms with Crippen LogP contribution >= 0.6 is 0 Å². The smallest absolute Gasteiger partial charge is 0.267 e. The Morgan fingerprint density at radius 3 is 2.48 bits per heavy atom. The molecule has 0 bridgehead atoms. The highest BCUT2D eigenvalue weighted by Crippen LogP contribution is 2.23. The first-order chi connectivity index (χ1) is 10.2. The van der Waals surface area contributed by atoms with Crippen LogP contribution in [0.2, 0.25) is 0 Å². The molecule has 4 heteroatoms. The monoisotopic (exact) mass is 279 g/mol. The molecule has 0 radical (unpaired) electrons. The van der Waals surface area contributed by atoms with Crippen LogP contribution in [0, 0.1) is 0 Å². The van der Waals surface area contributed by atoms with Gasteiger partial charge >= 0.3 is 0 Å². The molecule has 0 spiro atoms. The Balaban J connectivity index is 2.34. The summed E-state index contributed by atoms with van der Waals surface area (Å²) in [7, 11) is 0. The Bertz CT molecular complexity index is 822. The lowest BCUT2D eigenvalue weighted by Gasteiger charge is -2.14. The van der Waals surface area contributed by atoms with Crippen LogP contribution in [-0.2, 0) is 0 Å². The van der Waals surface area contributed by atoms with Gasteiger partial charge in [-0.1, -0.05) is 36.4 Å². The summed E-state index contributed by atoms with van der Waals surface area (Å²) in [5.74, 6) is 0.632. The number of aromatic nitrogens is 2. The molecule has 2 heterocycles. The molecular formula is C17H17N3O. The van der Waals surface area contributed by atoms with Crippen molar-refractivity contribution in [3.8, 4) is 11.1 Å². The molecule has 0 saturated carbocycles. The number of anilines is 1. The Hall–Kier alpha value is -2.62. The topological polar surface area (TPSA) is 46.4 Å². The van der Waals surface area contributed by atoms with E-state index in [1.807, 2.05) is 62.4 Å². The van der Waals surface area contributed by atoms with E-state index in [1.54, 1.807) is 10.6 Å². The van der Waals surface area contributed by atoms with Crippen molar-refractivity contribution in [2.45, 2.75) is 19.9 Å². The van der Waals surface area contributed by atoms with Gasteiger partial charge in [-0.3, -0.25) is 9.20 Å². The number of rotatable bonds is 3. The number of hydrogen-bond acceptors (Lipinski definition) is 3. The first-order valence-corrected chi connectivity index (χ1v) is 7.00. The highest BCUT2D eigenvalue weighted by Gasteiger charge is 2.14. The van der Waals surface area contributed by atoms with Gasteiger partial charge in [-0.2, -0.15) is 0 Å². The van der Waals surface area contributed by atoms with Crippen LogP contribution in [0.1, 0.15) is 13.8 Å². The second-order valence-corrected chi connectivity index (χ2v) is 5.23. The summed E-state index contributed by atoms with van der Waals surface area (Å²) >= 11 is 0. The van der Waals surface area contributed by atoms with Crippen molar-refractivity contribution in [2.75, 3.05) is 5.32 Å². The molecule has 1 N–H and O–H groups in total. The van der Waals surface area contributed by atoms with Gasteiger partial charge in [-0.25, -0.2) is 4.98 Å². The van der Waals surface area contributed by atoms with E-state index in [2.05, 4.69) is 10.3 Å². The fourth-order valence-electron chi connectivity index (χ4n) is 2.33. The molecule has 0 atom stereocenters. The van der Waals surface area contributed by atoms with E-state index in [-0.39, 0.29) is 11.6 Å². The Kier molecular flexibility index (Phi) is 3.44. The number of nitrogens with one attached hydrogen (secondary N) is 1. The lowest BCUT2D eigenvalue weighted by atomic mass is 10.1. The van der Waals surface area contributed by atoms with Crippen LogP contribution in [0.4, 0.5) is 5.82 Å². The van der Waals surface area contributed by atoms with Gasteiger partial charge in [-0.05, 0) is 31.5 Å². The van der Waals surface area contributed by atoms with Gasteiger partial charge in [0.05, 0.1) is 5.56 Å². The van der Waals surface area contributed by atoms with E-state index < -0.39 is 0 Å². The number of nitrogens with zero attached hydrogens (tertiary/aromatic N) is 2. The molecular weight excluding hydrogens is 262 g/mol. The summed E-state index contributed by atoms with van der Waals surface area (Å²) in [6, 6.07) is 15.4. The minimum Gasteiger partial charge on any atom is -0.367 e. The normalized spacial score (nSPS) is 11.0. The molecule has 0 unspecified atom stereocenters. The average molecular weight is 279 g/mol. The summed E-state index contributed by atoms with van der Waals surface area (Å²) in [5.41, 5.74) is 2.06. The summed E-state index contributed by atoms with van der Waals surface area (Å²) in [5, 5.41) is 3.28. The van der Waals surface area contributed by atoms with Gasteiger partial charge in [0.2, 0.25) is 0 Å². The maximum absolute atomic E-state index is 12.8. The van der Waals surface area contributed by atoms with Crippen molar-refractivity contribution in [3.05, 3.63) is 65.1 Å². The number of hydrogen-bond donors (Lipinski definition) is 1. The molecule has 3 aromatic rings. The van der Waals surface area contributed by atoms with Crippen LogP contribution in [0.5, 0.6) is 0 Å². The molecule has 0 aliphatic heterocycles. The van der Waals surface area contributed by atoms with Crippen LogP contribution in [-0.4, -0.2) is 15.4 Å². The first-order valence-electron chi connectivity index (χ1n) is 7.00. The van der Waals surface area contributed by atoms with E-state index in [1.165, 1.54) is 0 Å². The van der Waals surface area contributed by atoms with Gasteiger partial charge in [0.25, 0.3) is 5.56 Å². The molecule has 0 aliphatic carbocycles. The molecule has 0 aliphatic rings.